The van der Waals surface area contributed by atoms with Crippen molar-refractivity contribution in [3.05, 3.63) is 12.2 Å². The molecule has 354 valence electrons. The average Bonchev–Trinajstić information content (AvgIpc) is 3.24. The molecule has 14 nitrogen and oxygen atoms in total. The molecule has 0 spiro atoms. The van der Waals surface area contributed by atoms with Crippen molar-refractivity contribution >= 4 is 5.91 Å². The molecular weight excluding hydrogens is 774 g/mol. The number of hydrogen-bond acceptors (Lipinski definition) is 13. The van der Waals surface area contributed by atoms with Crippen LogP contribution in [0.1, 0.15) is 181 Å². The number of hydrogen-bond donors (Lipinski definition) is 9. The SMILES string of the molecule is CCCCCCCCCCCCCC=CC(O)C(COC1OC(CO)C(OC2OC(CO)C(O)C(O)C2O)C(O)C1O)NC(=O)CCCCCCCCCCCCCCC. The van der Waals surface area contributed by atoms with Crippen LogP contribution in [0.5, 0.6) is 0 Å². The van der Waals surface area contributed by atoms with Crippen LogP contribution in [0.2, 0.25) is 0 Å². The molecule has 2 aliphatic heterocycles. The summed E-state index contributed by atoms with van der Waals surface area (Å²) in [6, 6.07) is -0.906. The van der Waals surface area contributed by atoms with Gasteiger partial charge in [-0.15, -0.1) is 0 Å². The second kappa shape index (κ2) is 34.2. The van der Waals surface area contributed by atoms with E-state index >= 15 is 0 Å². The zero-order valence-corrected chi connectivity index (χ0v) is 37.2. The summed E-state index contributed by atoms with van der Waals surface area (Å²) in [7, 11) is 0. The van der Waals surface area contributed by atoms with Gasteiger partial charge in [0, 0.05) is 6.42 Å². The number of carbonyl (C=O) groups excluding carboxylic acids is 1. The summed E-state index contributed by atoms with van der Waals surface area (Å²) in [4.78, 5) is 13.1. The Bertz CT molecular complexity index is 1070. The van der Waals surface area contributed by atoms with Gasteiger partial charge in [0.2, 0.25) is 5.91 Å². The molecule has 1 amide bonds. The van der Waals surface area contributed by atoms with E-state index in [0.717, 1.165) is 38.5 Å². The first-order valence-corrected chi connectivity index (χ1v) is 23.9. The molecule has 0 aromatic heterocycles. The van der Waals surface area contributed by atoms with Gasteiger partial charge in [0.15, 0.2) is 12.6 Å². The van der Waals surface area contributed by atoms with E-state index < -0.39 is 86.8 Å². The molecule has 0 bridgehead atoms. The van der Waals surface area contributed by atoms with Crippen molar-refractivity contribution in [2.24, 2.45) is 0 Å². The fourth-order valence-corrected chi connectivity index (χ4v) is 8.00. The summed E-state index contributed by atoms with van der Waals surface area (Å²) in [6.45, 7) is 2.77. The van der Waals surface area contributed by atoms with E-state index in [0.29, 0.717) is 6.42 Å². The average molecular weight is 862 g/mol. The molecule has 2 rings (SSSR count). The Morgan fingerprint density at radius 2 is 1.03 bits per heavy atom. The molecule has 14 heteroatoms. The van der Waals surface area contributed by atoms with Crippen molar-refractivity contribution in [1.82, 2.24) is 5.32 Å². The lowest BCUT2D eigenvalue weighted by atomic mass is 9.97. The molecule has 12 unspecified atom stereocenters. The highest BCUT2D eigenvalue weighted by Gasteiger charge is 2.51. The predicted octanol–water partition coefficient (Wildman–Crippen LogP) is 5.21. The van der Waals surface area contributed by atoms with E-state index in [4.69, 9.17) is 18.9 Å². The lowest BCUT2D eigenvalue weighted by molar-refractivity contribution is -0.359. The number of rotatable bonds is 36. The summed E-state index contributed by atoms with van der Waals surface area (Å²) in [5, 5.41) is 86.5. The lowest BCUT2D eigenvalue weighted by Crippen LogP contribution is -2.65. The molecule has 2 aliphatic rings. The molecule has 2 saturated heterocycles. The van der Waals surface area contributed by atoms with Crippen LogP contribution in [0.4, 0.5) is 0 Å². The van der Waals surface area contributed by atoms with E-state index in [1.807, 2.05) is 6.08 Å². The van der Waals surface area contributed by atoms with E-state index in [2.05, 4.69) is 19.2 Å². The van der Waals surface area contributed by atoms with E-state index in [1.54, 1.807) is 6.08 Å². The third-order valence-electron chi connectivity index (χ3n) is 12.0. The van der Waals surface area contributed by atoms with Crippen LogP contribution in [-0.2, 0) is 23.7 Å². The van der Waals surface area contributed by atoms with E-state index in [9.17, 15) is 45.6 Å². The number of amides is 1. The van der Waals surface area contributed by atoms with Gasteiger partial charge in [-0.1, -0.05) is 167 Å². The summed E-state index contributed by atoms with van der Waals surface area (Å²) in [6.07, 6.45) is 16.8. The molecule has 0 saturated carbocycles. The van der Waals surface area contributed by atoms with Gasteiger partial charge in [0.25, 0.3) is 0 Å². The van der Waals surface area contributed by atoms with Crippen LogP contribution in [0.3, 0.4) is 0 Å². The largest absolute Gasteiger partial charge is 0.394 e. The molecule has 9 N–H and O–H groups in total. The van der Waals surface area contributed by atoms with Crippen LogP contribution < -0.4 is 5.32 Å². The highest BCUT2D eigenvalue weighted by Crippen LogP contribution is 2.30. The topological polar surface area (TPSA) is 228 Å². The molecule has 0 aromatic rings. The van der Waals surface area contributed by atoms with Gasteiger partial charge >= 0.3 is 0 Å². The third kappa shape index (κ3) is 21.9. The number of ether oxygens (including phenoxy) is 4. The number of nitrogens with one attached hydrogen (secondary N) is 1. The maximum atomic E-state index is 13.1. The second-order valence-corrected chi connectivity index (χ2v) is 17.2. The van der Waals surface area contributed by atoms with Crippen LogP contribution in [0.25, 0.3) is 0 Å². The lowest BCUT2D eigenvalue weighted by Gasteiger charge is -2.46. The Balaban J connectivity index is 1.89. The van der Waals surface area contributed by atoms with Crippen molar-refractivity contribution in [2.75, 3.05) is 19.8 Å². The predicted molar refractivity (Wildman–Crippen MR) is 231 cm³/mol. The Labute approximate surface area is 361 Å². The van der Waals surface area contributed by atoms with Gasteiger partial charge < -0.3 is 65.1 Å². The van der Waals surface area contributed by atoms with Crippen molar-refractivity contribution in [1.29, 1.82) is 0 Å². The Morgan fingerprint density at radius 1 is 0.583 bits per heavy atom. The number of carbonyl (C=O) groups is 1. The summed E-state index contributed by atoms with van der Waals surface area (Å²) in [5.74, 6) is -0.240. The van der Waals surface area contributed by atoms with Crippen molar-refractivity contribution in [2.45, 2.75) is 254 Å². The quantitative estimate of drug-likeness (QED) is 0.0292. The molecule has 2 heterocycles. The molecule has 0 aliphatic carbocycles. The number of aliphatic hydroxyl groups is 8. The van der Waals surface area contributed by atoms with Crippen molar-refractivity contribution < 1.29 is 64.6 Å². The zero-order valence-electron chi connectivity index (χ0n) is 37.2. The Morgan fingerprint density at radius 3 is 1.53 bits per heavy atom. The van der Waals surface area contributed by atoms with E-state index in [1.165, 1.54) is 116 Å². The first kappa shape index (κ1) is 54.9. The summed E-state index contributed by atoms with van der Waals surface area (Å²) in [5.41, 5.74) is 0. The minimum absolute atomic E-state index is 0.240. The van der Waals surface area contributed by atoms with Crippen LogP contribution in [-0.4, -0.2) is 140 Å². The standard InChI is InChI=1S/C46H87NO13/c1-3-5-7-9-11-13-15-17-19-21-23-25-27-29-35(50)34(47-38(51)30-28-26-24-22-20-18-16-14-12-10-8-6-4-2)33-57-45-43(56)41(54)44(37(32-49)59-45)60-46-42(55)40(53)39(52)36(31-48)58-46/h27,29,34-37,39-46,48-50,52-56H,3-26,28,30-33H2,1-2H3,(H,47,51). The van der Waals surface area contributed by atoms with E-state index in [-0.39, 0.29) is 18.9 Å². The number of aliphatic hydroxyl groups excluding tert-OH is 8. The fraction of sp³-hybridized carbons (Fsp3) is 0.935. The summed E-state index contributed by atoms with van der Waals surface area (Å²) < 4.78 is 22.6. The molecule has 0 radical (unpaired) electrons. The summed E-state index contributed by atoms with van der Waals surface area (Å²) >= 11 is 0. The van der Waals surface area contributed by atoms with Gasteiger partial charge in [-0.25, -0.2) is 0 Å². The first-order chi connectivity index (χ1) is 29.1. The molecule has 2 fully saturated rings. The third-order valence-corrected chi connectivity index (χ3v) is 12.0. The van der Waals surface area contributed by atoms with Gasteiger partial charge in [-0.05, 0) is 19.3 Å². The minimum atomic E-state index is -1.78. The molecule has 60 heavy (non-hydrogen) atoms. The van der Waals surface area contributed by atoms with Gasteiger partial charge in [0.1, 0.15) is 48.8 Å². The molecular formula is C46H87NO13. The molecule has 0 aromatic carbocycles. The normalized spacial score (nSPS) is 28.3. The maximum Gasteiger partial charge on any atom is 0.220 e. The Kier molecular flexibility index (Phi) is 31.3. The van der Waals surface area contributed by atoms with Gasteiger partial charge in [0.05, 0.1) is 32.0 Å². The van der Waals surface area contributed by atoms with Crippen LogP contribution in [0, 0.1) is 0 Å². The number of allylic oxidation sites excluding steroid dienone is 1. The minimum Gasteiger partial charge on any atom is -0.394 e. The highest BCUT2D eigenvalue weighted by molar-refractivity contribution is 5.76. The van der Waals surface area contributed by atoms with Crippen molar-refractivity contribution in [3.8, 4) is 0 Å². The Hall–Kier alpha value is -1.27. The molecule has 12 atom stereocenters. The van der Waals surface area contributed by atoms with Gasteiger partial charge in [-0.3, -0.25) is 4.79 Å². The fourth-order valence-electron chi connectivity index (χ4n) is 8.00. The second-order valence-electron chi connectivity index (χ2n) is 17.2. The smallest absolute Gasteiger partial charge is 0.220 e. The van der Waals surface area contributed by atoms with Crippen LogP contribution in [0.15, 0.2) is 12.2 Å². The monoisotopic (exact) mass is 862 g/mol. The zero-order chi connectivity index (χ0) is 44.0. The van der Waals surface area contributed by atoms with Gasteiger partial charge in [-0.2, -0.15) is 0 Å². The highest BCUT2D eigenvalue weighted by atomic mass is 16.7. The van der Waals surface area contributed by atoms with Crippen molar-refractivity contribution in [3.63, 3.8) is 0 Å². The van der Waals surface area contributed by atoms with Crippen LogP contribution >= 0.6 is 0 Å². The first-order valence-electron chi connectivity index (χ1n) is 23.9. The number of unbranched alkanes of at least 4 members (excludes halogenated alkanes) is 23. The maximum absolute atomic E-state index is 13.1.